The van der Waals surface area contributed by atoms with Crippen molar-refractivity contribution < 1.29 is 0 Å². The molecular formula is C9H16N2. The van der Waals surface area contributed by atoms with E-state index >= 15 is 0 Å². The molecule has 0 unspecified atom stereocenters. The maximum Gasteiger partial charge on any atom is 0.0593 e. The van der Waals surface area contributed by atoms with Gasteiger partial charge < -0.3 is 0 Å². The fraction of sp³-hybridized carbons (Fsp3) is 0.667. The van der Waals surface area contributed by atoms with Crippen LogP contribution in [0.3, 0.4) is 0 Å². The summed E-state index contributed by atoms with van der Waals surface area (Å²) in [4.78, 5) is 0. The molecule has 1 rings (SSSR count). The smallest absolute Gasteiger partial charge is 0.0593 e. The van der Waals surface area contributed by atoms with Crippen LogP contribution in [0, 0.1) is 6.92 Å². The minimum absolute atomic E-state index is 0.161. The molecule has 1 heterocycles. The Balaban J connectivity index is 2.92. The standard InChI is InChI=1S/C9H16N2/c1-5-9(3,4)11-7-6-8(2)10-11/h6-7H,5H2,1-4H3. The van der Waals surface area contributed by atoms with Crippen molar-refractivity contribution in [3.63, 3.8) is 0 Å². The fourth-order valence-corrected chi connectivity index (χ4v) is 0.914. The molecule has 0 amide bonds. The predicted molar refractivity (Wildman–Crippen MR) is 46.6 cm³/mol. The van der Waals surface area contributed by atoms with E-state index in [-0.39, 0.29) is 5.54 Å². The van der Waals surface area contributed by atoms with Crippen molar-refractivity contribution in [2.45, 2.75) is 39.7 Å². The van der Waals surface area contributed by atoms with Crippen LogP contribution in [0.2, 0.25) is 0 Å². The molecule has 0 aliphatic heterocycles. The maximum atomic E-state index is 4.37. The Hall–Kier alpha value is -0.790. The largest absolute Gasteiger partial charge is 0.267 e. The molecule has 0 aliphatic carbocycles. The lowest BCUT2D eigenvalue weighted by atomic mass is 10.0. The molecule has 0 bridgehead atoms. The molecule has 0 aromatic carbocycles. The van der Waals surface area contributed by atoms with Gasteiger partial charge in [0.15, 0.2) is 0 Å². The third-order valence-electron chi connectivity index (χ3n) is 2.21. The lowest BCUT2D eigenvalue weighted by Crippen LogP contribution is -2.25. The second-order valence-electron chi connectivity index (χ2n) is 3.57. The van der Waals surface area contributed by atoms with Gasteiger partial charge in [-0.1, -0.05) is 6.92 Å². The molecule has 2 heteroatoms. The summed E-state index contributed by atoms with van der Waals surface area (Å²) in [5.74, 6) is 0. The zero-order valence-electron chi connectivity index (χ0n) is 7.76. The molecule has 2 nitrogen and oxygen atoms in total. The van der Waals surface area contributed by atoms with Crippen LogP contribution in [0.15, 0.2) is 12.3 Å². The molecular weight excluding hydrogens is 136 g/mol. The Kier molecular flexibility index (Phi) is 2.03. The highest BCUT2D eigenvalue weighted by atomic mass is 15.3. The van der Waals surface area contributed by atoms with E-state index in [4.69, 9.17) is 0 Å². The van der Waals surface area contributed by atoms with Gasteiger partial charge in [-0.05, 0) is 33.3 Å². The van der Waals surface area contributed by atoms with Crippen LogP contribution < -0.4 is 0 Å². The summed E-state index contributed by atoms with van der Waals surface area (Å²) in [6.07, 6.45) is 3.15. The monoisotopic (exact) mass is 152 g/mol. The SMILES string of the molecule is CCC(C)(C)n1ccc(C)n1. The van der Waals surface area contributed by atoms with Crippen LogP contribution in [-0.2, 0) is 5.54 Å². The zero-order chi connectivity index (χ0) is 8.48. The minimum Gasteiger partial charge on any atom is -0.267 e. The van der Waals surface area contributed by atoms with E-state index in [1.54, 1.807) is 0 Å². The Bertz CT molecular complexity index is 235. The molecule has 1 aromatic heterocycles. The van der Waals surface area contributed by atoms with Crippen LogP contribution >= 0.6 is 0 Å². The summed E-state index contributed by atoms with van der Waals surface area (Å²) >= 11 is 0. The van der Waals surface area contributed by atoms with Gasteiger partial charge in [-0.15, -0.1) is 0 Å². The molecule has 0 spiro atoms. The molecule has 0 atom stereocenters. The van der Waals surface area contributed by atoms with E-state index in [0.29, 0.717) is 0 Å². The Labute approximate surface area is 68.2 Å². The van der Waals surface area contributed by atoms with Crippen molar-refractivity contribution in [1.29, 1.82) is 0 Å². The van der Waals surface area contributed by atoms with Crippen LogP contribution in [0.5, 0.6) is 0 Å². The average molecular weight is 152 g/mol. The third kappa shape index (κ3) is 1.62. The van der Waals surface area contributed by atoms with Crippen molar-refractivity contribution in [2.24, 2.45) is 0 Å². The number of aromatic nitrogens is 2. The van der Waals surface area contributed by atoms with Gasteiger partial charge in [0, 0.05) is 6.20 Å². The first-order valence-corrected chi connectivity index (χ1v) is 4.09. The molecule has 0 N–H and O–H groups in total. The minimum atomic E-state index is 0.161. The first-order chi connectivity index (χ1) is 5.06. The lowest BCUT2D eigenvalue weighted by molar-refractivity contribution is 0.307. The Morgan fingerprint density at radius 1 is 1.55 bits per heavy atom. The molecule has 0 saturated heterocycles. The molecule has 0 radical (unpaired) electrons. The molecule has 0 fully saturated rings. The summed E-state index contributed by atoms with van der Waals surface area (Å²) in [7, 11) is 0. The molecule has 1 aromatic rings. The maximum absolute atomic E-state index is 4.37. The van der Waals surface area contributed by atoms with Crippen molar-refractivity contribution in [1.82, 2.24) is 9.78 Å². The van der Waals surface area contributed by atoms with Crippen molar-refractivity contribution in [3.05, 3.63) is 18.0 Å². The highest BCUT2D eigenvalue weighted by Crippen LogP contribution is 2.17. The number of hydrogen-bond acceptors (Lipinski definition) is 1. The van der Waals surface area contributed by atoms with Crippen LogP contribution in [0.1, 0.15) is 32.9 Å². The van der Waals surface area contributed by atoms with Crippen molar-refractivity contribution >= 4 is 0 Å². The van der Waals surface area contributed by atoms with Gasteiger partial charge in [-0.25, -0.2) is 0 Å². The second kappa shape index (κ2) is 2.68. The van der Waals surface area contributed by atoms with E-state index in [1.807, 2.05) is 23.9 Å². The van der Waals surface area contributed by atoms with Crippen LogP contribution in [-0.4, -0.2) is 9.78 Å². The summed E-state index contributed by atoms with van der Waals surface area (Å²) in [6.45, 7) is 8.58. The van der Waals surface area contributed by atoms with Crippen LogP contribution in [0.25, 0.3) is 0 Å². The summed E-state index contributed by atoms with van der Waals surface area (Å²) in [5, 5.41) is 4.37. The fourth-order valence-electron chi connectivity index (χ4n) is 0.914. The Morgan fingerprint density at radius 3 is 2.55 bits per heavy atom. The molecule has 11 heavy (non-hydrogen) atoms. The van der Waals surface area contributed by atoms with E-state index < -0.39 is 0 Å². The Morgan fingerprint density at radius 2 is 2.18 bits per heavy atom. The lowest BCUT2D eigenvalue weighted by Gasteiger charge is -2.23. The van der Waals surface area contributed by atoms with Gasteiger partial charge in [-0.2, -0.15) is 5.10 Å². The quantitative estimate of drug-likeness (QED) is 0.636. The van der Waals surface area contributed by atoms with Crippen molar-refractivity contribution in [3.8, 4) is 0 Å². The van der Waals surface area contributed by atoms with Gasteiger partial charge in [0.25, 0.3) is 0 Å². The van der Waals surface area contributed by atoms with E-state index in [9.17, 15) is 0 Å². The van der Waals surface area contributed by atoms with Gasteiger partial charge >= 0.3 is 0 Å². The normalized spacial score (nSPS) is 12.0. The van der Waals surface area contributed by atoms with Crippen molar-refractivity contribution in [2.75, 3.05) is 0 Å². The molecule has 62 valence electrons. The summed E-state index contributed by atoms with van der Waals surface area (Å²) < 4.78 is 2.03. The highest BCUT2D eigenvalue weighted by molar-refractivity contribution is 4.97. The van der Waals surface area contributed by atoms with E-state index in [0.717, 1.165) is 12.1 Å². The van der Waals surface area contributed by atoms with Gasteiger partial charge in [0.2, 0.25) is 0 Å². The second-order valence-corrected chi connectivity index (χ2v) is 3.57. The van der Waals surface area contributed by atoms with E-state index in [2.05, 4.69) is 25.9 Å². The number of hydrogen-bond donors (Lipinski definition) is 0. The molecule has 0 saturated carbocycles. The first kappa shape index (κ1) is 8.31. The average Bonchev–Trinajstić information content (AvgIpc) is 2.36. The number of nitrogens with zero attached hydrogens (tertiary/aromatic N) is 2. The molecule has 0 aliphatic rings. The van der Waals surface area contributed by atoms with Crippen LogP contribution in [0.4, 0.5) is 0 Å². The van der Waals surface area contributed by atoms with Gasteiger partial charge in [0.05, 0.1) is 11.2 Å². The third-order valence-corrected chi connectivity index (χ3v) is 2.21. The number of aryl methyl sites for hydroxylation is 1. The summed E-state index contributed by atoms with van der Waals surface area (Å²) in [5.41, 5.74) is 1.25. The van der Waals surface area contributed by atoms with Gasteiger partial charge in [0.1, 0.15) is 0 Å². The number of rotatable bonds is 2. The van der Waals surface area contributed by atoms with E-state index in [1.165, 1.54) is 0 Å². The highest BCUT2D eigenvalue weighted by Gasteiger charge is 2.17. The predicted octanol–water partition coefficient (Wildman–Crippen LogP) is 2.34. The summed E-state index contributed by atoms with van der Waals surface area (Å²) in [6, 6.07) is 2.04. The van der Waals surface area contributed by atoms with Gasteiger partial charge in [-0.3, -0.25) is 4.68 Å². The topological polar surface area (TPSA) is 17.8 Å². The first-order valence-electron chi connectivity index (χ1n) is 4.09. The zero-order valence-corrected chi connectivity index (χ0v) is 7.76.